The van der Waals surface area contributed by atoms with E-state index in [-0.39, 0.29) is 27.5 Å². The Morgan fingerprint density at radius 1 is 0.870 bits per heavy atom. The third-order valence-electron chi connectivity index (χ3n) is 8.64. The molecule has 12 nitrogen and oxygen atoms in total. The van der Waals surface area contributed by atoms with E-state index in [2.05, 4.69) is 16.0 Å². The van der Waals surface area contributed by atoms with Crippen molar-refractivity contribution in [2.24, 2.45) is 5.92 Å². The number of aryl methyl sites for hydroxylation is 1. The first-order chi connectivity index (χ1) is 25.2. The predicted octanol–water partition coefficient (Wildman–Crippen LogP) is 7.02. The largest absolute Gasteiger partial charge is 0.495 e. The molecule has 54 heavy (non-hydrogen) atoms. The van der Waals surface area contributed by atoms with Crippen LogP contribution in [0.4, 0.5) is 47.3 Å². The van der Waals surface area contributed by atoms with Crippen LogP contribution in [0.3, 0.4) is 0 Å². The van der Waals surface area contributed by atoms with Crippen LogP contribution in [0.5, 0.6) is 5.75 Å². The van der Waals surface area contributed by atoms with Gasteiger partial charge in [0, 0.05) is 12.2 Å². The van der Waals surface area contributed by atoms with Crippen LogP contribution in [0, 0.1) is 12.8 Å². The summed E-state index contributed by atoms with van der Waals surface area (Å²) in [6, 6.07) is 11.0. The van der Waals surface area contributed by atoms with E-state index in [1.54, 1.807) is 37.3 Å². The molecule has 3 aromatic rings. The summed E-state index contributed by atoms with van der Waals surface area (Å²) in [4.78, 5) is 64.7. The molecule has 1 aliphatic heterocycles. The number of aliphatic carboxylic acids is 1. The van der Waals surface area contributed by atoms with Gasteiger partial charge in [0.05, 0.1) is 25.3 Å². The molecule has 290 valence electrons. The predicted molar refractivity (Wildman–Crippen MR) is 182 cm³/mol. The molecule has 0 bridgehead atoms. The Bertz CT molecular complexity index is 1870. The van der Waals surface area contributed by atoms with E-state index in [4.69, 9.17) is 4.74 Å². The van der Waals surface area contributed by atoms with E-state index in [0.29, 0.717) is 5.69 Å². The number of hydrogen-bond acceptors (Lipinski definition) is 6. The SMILES string of the molecule is COc1cc(CN2C(=O)N([C@@H](CC(C)C)C(=O)N[C@@H](CC(=O)O)c3ccccc3)C(=O)C2(C(F)(F)F)C(F)(F)F)ccc1NC(=O)Nc1ccccc1C. The van der Waals surface area contributed by atoms with Crippen molar-refractivity contribution in [3.05, 3.63) is 89.5 Å². The van der Waals surface area contributed by atoms with Crippen molar-refractivity contribution >= 4 is 41.2 Å². The summed E-state index contributed by atoms with van der Waals surface area (Å²) in [6.45, 7) is 3.20. The maximum Gasteiger partial charge on any atom is 0.430 e. The first-order valence-electron chi connectivity index (χ1n) is 16.4. The molecule has 0 saturated carbocycles. The lowest BCUT2D eigenvalue weighted by atomic mass is 9.93. The quantitative estimate of drug-likeness (QED) is 0.108. The number of benzene rings is 3. The Labute approximate surface area is 305 Å². The maximum absolute atomic E-state index is 14.9. The van der Waals surface area contributed by atoms with E-state index in [1.807, 2.05) is 0 Å². The van der Waals surface area contributed by atoms with Crippen LogP contribution in [0.15, 0.2) is 72.8 Å². The van der Waals surface area contributed by atoms with Crippen molar-refractivity contribution in [1.29, 1.82) is 0 Å². The molecule has 0 spiro atoms. The second-order valence-corrected chi connectivity index (χ2v) is 12.9. The number of amides is 6. The fraction of sp³-hybridized carbons (Fsp3) is 0.361. The van der Waals surface area contributed by atoms with Crippen LogP contribution in [0.25, 0.3) is 0 Å². The third-order valence-corrected chi connectivity index (χ3v) is 8.64. The van der Waals surface area contributed by atoms with E-state index in [1.165, 1.54) is 38.1 Å². The molecular weight excluding hydrogens is 728 g/mol. The number of carboxylic acids is 1. The fourth-order valence-corrected chi connectivity index (χ4v) is 6.09. The van der Waals surface area contributed by atoms with Gasteiger partial charge >= 0.3 is 35.9 Å². The molecule has 4 N–H and O–H groups in total. The van der Waals surface area contributed by atoms with E-state index in [9.17, 15) is 55.4 Å². The van der Waals surface area contributed by atoms with Gasteiger partial charge in [-0.25, -0.2) is 14.5 Å². The minimum atomic E-state index is -6.44. The molecule has 1 fully saturated rings. The number of ether oxygens (including phenoxy) is 1. The number of carbonyl (C=O) groups excluding carboxylic acids is 4. The molecule has 1 aliphatic rings. The van der Waals surface area contributed by atoms with Gasteiger partial charge in [-0.2, -0.15) is 26.3 Å². The smallest absolute Gasteiger partial charge is 0.430 e. The summed E-state index contributed by atoms with van der Waals surface area (Å²) in [5, 5.41) is 16.8. The Morgan fingerprint density at radius 2 is 1.46 bits per heavy atom. The topological polar surface area (TPSA) is 157 Å². The number of carboxylic acid groups (broad SMARTS) is 1. The van der Waals surface area contributed by atoms with Crippen LogP contribution in [0.1, 0.15) is 49.4 Å². The highest BCUT2D eigenvalue weighted by molar-refractivity contribution is 6.11. The lowest BCUT2D eigenvalue weighted by molar-refractivity contribution is -0.315. The van der Waals surface area contributed by atoms with Crippen LogP contribution < -0.4 is 20.7 Å². The van der Waals surface area contributed by atoms with Crippen molar-refractivity contribution in [2.75, 3.05) is 17.7 Å². The summed E-state index contributed by atoms with van der Waals surface area (Å²) < 4.78 is 94.7. The van der Waals surface area contributed by atoms with Crippen molar-refractivity contribution in [2.45, 2.75) is 70.1 Å². The average Bonchev–Trinajstić information content (AvgIpc) is 3.30. The standard InChI is InChI=1S/C36H37F6N5O7/c1-20(2)16-27(30(50)43-26(18-29(48)49)23-11-6-5-7-12-23)47-31(51)34(35(37,38)39,36(40,41)42)46(33(47)53)19-22-14-15-25(28(17-22)54-4)45-32(52)44-24-13-9-8-10-21(24)3/h5-15,17,20,26-27H,16,18-19H2,1-4H3,(H,43,50)(H,48,49)(H2,44,45,52)/t26-,27-/m0/s1. The minimum absolute atomic E-state index is 0.0429. The van der Waals surface area contributed by atoms with Crippen LogP contribution in [0.2, 0.25) is 0 Å². The average molecular weight is 766 g/mol. The molecule has 1 saturated heterocycles. The molecule has 0 radical (unpaired) electrons. The number of anilines is 2. The number of halogens is 6. The van der Waals surface area contributed by atoms with Gasteiger partial charge in [-0.1, -0.05) is 68.4 Å². The van der Waals surface area contributed by atoms with E-state index >= 15 is 0 Å². The van der Waals surface area contributed by atoms with Crippen molar-refractivity contribution in [1.82, 2.24) is 15.1 Å². The van der Waals surface area contributed by atoms with Crippen LogP contribution >= 0.6 is 0 Å². The van der Waals surface area contributed by atoms with Gasteiger partial charge < -0.3 is 25.8 Å². The Kier molecular flexibility index (Phi) is 12.2. The molecule has 0 unspecified atom stereocenters. The second kappa shape index (κ2) is 16.1. The Balaban J connectivity index is 1.75. The molecule has 3 aromatic carbocycles. The summed E-state index contributed by atoms with van der Waals surface area (Å²) in [6.07, 6.45) is -14.2. The maximum atomic E-state index is 14.9. The van der Waals surface area contributed by atoms with Gasteiger partial charge in [-0.3, -0.25) is 19.3 Å². The van der Waals surface area contributed by atoms with Crippen molar-refractivity contribution in [3.63, 3.8) is 0 Å². The molecule has 0 aromatic heterocycles. The number of hydrogen-bond donors (Lipinski definition) is 4. The van der Waals surface area contributed by atoms with E-state index < -0.39 is 90.0 Å². The minimum Gasteiger partial charge on any atom is -0.495 e. The van der Waals surface area contributed by atoms with Gasteiger partial charge in [0.1, 0.15) is 11.8 Å². The lowest BCUT2D eigenvalue weighted by Gasteiger charge is -2.37. The van der Waals surface area contributed by atoms with Crippen molar-refractivity contribution < 1.29 is 60.2 Å². The number of nitrogens with zero attached hydrogens (tertiary/aromatic N) is 2. The molecule has 0 aliphatic carbocycles. The molecule has 6 amide bonds. The highest BCUT2D eigenvalue weighted by Gasteiger charge is 2.84. The monoisotopic (exact) mass is 765 g/mol. The number of rotatable bonds is 13. The van der Waals surface area contributed by atoms with E-state index in [0.717, 1.165) is 30.9 Å². The van der Waals surface area contributed by atoms with Crippen LogP contribution in [-0.4, -0.2) is 75.8 Å². The van der Waals surface area contributed by atoms with Crippen molar-refractivity contribution in [3.8, 4) is 5.75 Å². The first kappa shape index (κ1) is 41.0. The number of urea groups is 2. The summed E-state index contributed by atoms with van der Waals surface area (Å²) in [5.74, 6) is -6.37. The number of para-hydroxylation sites is 1. The first-order valence-corrected chi connectivity index (χ1v) is 16.4. The number of alkyl halides is 6. The summed E-state index contributed by atoms with van der Waals surface area (Å²) in [5.41, 5.74) is -4.44. The van der Waals surface area contributed by atoms with Gasteiger partial charge in [0.25, 0.3) is 5.91 Å². The number of carbonyl (C=O) groups is 5. The molecule has 18 heteroatoms. The summed E-state index contributed by atoms with van der Waals surface area (Å²) >= 11 is 0. The third kappa shape index (κ3) is 8.36. The van der Waals surface area contributed by atoms with Gasteiger partial charge in [-0.15, -0.1) is 0 Å². The van der Waals surface area contributed by atoms with Crippen LogP contribution in [-0.2, 0) is 20.9 Å². The number of nitrogens with one attached hydrogen (secondary N) is 3. The zero-order valence-corrected chi connectivity index (χ0v) is 29.3. The van der Waals surface area contributed by atoms with Gasteiger partial charge in [0.15, 0.2) is 0 Å². The van der Waals surface area contributed by atoms with Gasteiger partial charge in [0.2, 0.25) is 5.91 Å². The highest BCUT2D eigenvalue weighted by Crippen LogP contribution is 2.53. The number of imide groups is 1. The molecule has 1 heterocycles. The zero-order chi connectivity index (χ0) is 40.2. The molecule has 2 atom stereocenters. The Morgan fingerprint density at radius 3 is 2.02 bits per heavy atom. The zero-order valence-electron chi connectivity index (χ0n) is 29.3. The Hall–Kier alpha value is -5.81. The normalized spacial score (nSPS) is 15.5. The van der Waals surface area contributed by atoms with Gasteiger partial charge in [-0.05, 0) is 54.2 Å². The highest BCUT2D eigenvalue weighted by atomic mass is 19.4. The fourth-order valence-electron chi connectivity index (χ4n) is 6.09. The number of methoxy groups -OCH3 is 1. The summed E-state index contributed by atoms with van der Waals surface area (Å²) in [7, 11) is 1.12. The molecule has 4 rings (SSSR count). The lowest BCUT2D eigenvalue weighted by Crippen LogP contribution is -2.69. The molecular formula is C36H37F6N5O7. The second-order valence-electron chi connectivity index (χ2n) is 12.9.